The van der Waals surface area contributed by atoms with Crippen molar-refractivity contribution in [1.82, 2.24) is 10.2 Å². The maximum absolute atomic E-state index is 12.6. The molecule has 2 fully saturated rings. The molecule has 3 heterocycles. The maximum atomic E-state index is 12.6. The molecule has 6 heteroatoms. The summed E-state index contributed by atoms with van der Waals surface area (Å²) in [4.78, 5) is 15.0. The topological polar surface area (TPSA) is 82.2 Å². The third kappa shape index (κ3) is 3.15. The van der Waals surface area contributed by atoms with Crippen LogP contribution in [0.3, 0.4) is 0 Å². The van der Waals surface area contributed by atoms with Crippen LogP contribution in [0, 0.1) is 5.41 Å². The number of anilines is 1. The molecule has 1 aromatic heterocycles. The van der Waals surface area contributed by atoms with Crippen LogP contribution in [0.4, 0.5) is 5.69 Å². The number of nitrogens with one attached hydrogen (secondary N) is 2. The number of hydrogen-bond donors (Lipinski definition) is 3. The molecule has 0 saturated carbocycles. The fraction of sp³-hybridized carbons (Fsp3) is 0.400. The largest absolute Gasteiger partial charge is 0.398 e. The van der Waals surface area contributed by atoms with E-state index in [0.717, 1.165) is 24.0 Å². The Kier molecular flexibility index (Phi) is 4.54. The molecule has 4 rings (SSSR count). The van der Waals surface area contributed by atoms with Gasteiger partial charge in [-0.05, 0) is 72.8 Å². The summed E-state index contributed by atoms with van der Waals surface area (Å²) >= 11 is 1.63. The van der Waals surface area contributed by atoms with Crippen LogP contribution in [-0.4, -0.2) is 41.7 Å². The van der Waals surface area contributed by atoms with Gasteiger partial charge in [0, 0.05) is 29.4 Å². The SMILES string of the molecule is CN1C2CCC1CC(NC(=O)C(=N)c1ccc(-c3ccsc3)cc1N)C2. The molecule has 136 valence electrons. The molecule has 2 bridgehead atoms. The number of nitrogen functional groups attached to an aromatic ring is 1. The van der Waals surface area contributed by atoms with E-state index in [-0.39, 0.29) is 17.7 Å². The quantitative estimate of drug-likeness (QED) is 0.573. The second-order valence-electron chi connectivity index (χ2n) is 7.38. The van der Waals surface area contributed by atoms with E-state index in [1.165, 1.54) is 12.8 Å². The Hall–Kier alpha value is -2.18. The number of nitrogens with two attached hydrogens (primary N) is 1. The van der Waals surface area contributed by atoms with Gasteiger partial charge in [-0.1, -0.05) is 6.07 Å². The van der Waals surface area contributed by atoms with Crippen LogP contribution >= 0.6 is 11.3 Å². The third-order valence-corrected chi connectivity index (χ3v) is 6.52. The van der Waals surface area contributed by atoms with Crippen molar-refractivity contribution in [1.29, 1.82) is 5.41 Å². The van der Waals surface area contributed by atoms with Crippen LogP contribution in [0.25, 0.3) is 11.1 Å². The van der Waals surface area contributed by atoms with Crippen molar-refractivity contribution in [3.63, 3.8) is 0 Å². The molecule has 2 atom stereocenters. The van der Waals surface area contributed by atoms with E-state index in [4.69, 9.17) is 11.1 Å². The molecule has 26 heavy (non-hydrogen) atoms. The summed E-state index contributed by atoms with van der Waals surface area (Å²) in [5.41, 5.74) is 9.17. The molecule has 2 aliphatic rings. The van der Waals surface area contributed by atoms with E-state index in [2.05, 4.69) is 22.6 Å². The molecule has 2 aliphatic heterocycles. The monoisotopic (exact) mass is 368 g/mol. The second kappa shape index (κ2) is 6.85. The van der Waals surface area contributed by atoms with Crippen LogP contribution < -0.4 is 11.1 Å². The number of piperidine rings is 1. The smallest absolute Gasteiger partial charge is 0.270 e. The first-order valence-electron chi connectivity index (χ1n) is 9.06. The average Bonchev–Trinajstić information content (AvgIpc) is 3.21. The number of fused-ring (bicyclic) bond motifs is 2. The van der Waals surface area contributed by atoms with E-state index >= 15 is 0 Å². The summed E-state index contributed by atoms with van der Waals surface area (Å²) in [5, 5.41) is 15.4. The van der Waals surface area contributed by atoms with Crippen molar-refractivity contribution >= 4 is 28.6 Å². The summed E-state index contributed by atoms with van der Waals surface area (Å²) in [5.74, 6) is -0.325. The van der Waals surface area contributed by atoms with E-state index in [1.54, 1.807) is 17.4 Å². The molecule has 0 radical (unpaired) electrons. The Morgan fingerprint density at radius 2 is 1.96 bits per heavy atom. The predicted molar refractivity (Wildman–Crippen MR) is 107 cm³/mol. The first kappa shape index (κ1) is 17.2. The minimum atomic E-state index is -0.325. The molecule has 2 unspecified atom stereocenters. The Bertz CT molecular complexity index is 818. The molecule has 1 aromatic carbocycles. The Labute approximate surface area is 157 Å². The summed E-state index contributed by atoms with van der Waals surface area (Å²) in [6.07, 6.45) is 4.36. The fourth-order valence-electron chi connectivity index (χ4n) is 4.31. The highest BCUT2D eigenvalue weighted by Crippen LogP contribution is 2.34. The van der Waals surface area contributed by atoms with Crippen molar-refractivity contribution in [2.75, 3.05) is 12.8 Å². The number of hydrogen-bond acceptors (Lipinski definition) is 5. The molecule has 2 saturated heterocycles. The summed E-state index contributed by atoms with van der Waals surface area (Å²) in [6.45, 7) is 0. The van der Waals surface area contributed by atoms with Crippen molar-refractivity contribution < 1.29 is 4.79 Å². The average molecular weight is 369 g/mol. The van der Waals surface area contributed by atoms with Crippen molar-refractivity contribution in [3.8, 4) is 11.1 Å². The van der Waals surface area contributed by atoms with Crippen LogP contribution in [0.15, 0.2) is 35.0 Å². The molecule has 1 amide bonds. The maximum Gasteiger partial charge on any atom is 0.270 e. The molecule has 2 aromatic rings. The van der Waals surface area contributed by atoms with Crippen molar-refractivity contribution in [2.45, 2.75) is 43.8 Å². The number of amides is 1. The summed E-state index contributed by atoms with van der Waals surface area (Å²) < 4.78 is 0. The molecule has 5 nitrogen and oxygen atoms in total. The molecular formula is C20H24N4OS. The van der Waals surface area contributed by atoms with Gasteiger partial charge in [0.2, 0.25) is 0 Å². The van der Waals surface area contributed by atoms with Gasteiger partial charge in [-0.3, -0.25) is 10.2 Å². The zero-order chi connectivity index (χ0) is 18.3. The van der Waals surface area contributed by atoms with Crippen LogP contribution in [0.2, 0.25) is 0 Å². The normalized spacial score (nSPS) is 25.2. The van der Waals surface area contributed by atoms with Gasteiger partial charge in [0.05, 0.1) is 0 Å². The Morgan fingerprint density at radius 3 is 2.58 bits per heavy atom. The zero-order valence-electron chi connectivity index (χ0n) is 14.9. The van der Waals surface area contributed by atoms with Gasteiger partial charge in [-0.25, -0.2) is 0 Å². The lowest BCUT2D eigenvalue weighted by atomic mass is 9.97. The number of rotatable bonds is 4. The molecule has 0 aliphatic carbocycles. The minimum Gasteiger partial charge on any atom is -0.398 e. The fourth-order valence-corrected chi connectivity index (χ4v) is 4.97. The number of nitrogens with zero attached hydrogens (tertiary/aromatic N) is 1. The molecule has 0 spiro atoms. The molecular weight excluding hydrogens is 344 g/mol. The predicted octanol–water partition coefficient (Wildman–Crippen LogP) is 3.11. The van der Waals surface area contributed by atoms with E-state index in [0.29, 0.717) is 23.3 Å². The van der Waals surface area contributed by atoms with Crippen LogP contribution in [0.5, 0.6) is 0 Å². The number of carbonyl (C=O) groups is 1. The van der Waals surface area contributed by atoms with Crippen LogP contribution in [-0.2, 0) is 4.79 Å². The lowest BCUT2D eigenvalue weighted by Crippen LogP contribution is -2.50. The van der Waals surface area contributed by atoms with Gasteiger partial charge < -0.3 is 16.0 Å². The first-order chi connectivity index (χ1) is 12.5. The Balaban J connectivity index is 1.45. The number of benzene rings is 1. The van der Waals surface area contributed by atoms with Crippen molar-refractivity contribution in [3.05, 3.63) is 40.6 Å². The highest BCUT2D eigenvalue weighted by atomic mass is 32.1. The highest BCUT2D eigenvalue weighted by Gasteiger charge is 2.39. The molecule has 4 N–H and O–H groups in total. The lowest BCUT2D eigenvalue weighted by Gasteiger charge is -2.36. The first-order valence-corrected chi connectivity index (χ1v) is 10.0. The third-order valence-electron chi connectivity index (χ3n) is 5.84. The zero-order valence-corrected chi connectivity index (χ0v) is 15.7. The summed E-state index contributed by atoms with van der Waals surface area (Å²) in [6, 6.07) is 8.85. The van der Waals surface area contributed by atoms with Crippen molar-refractivity contribution in [2.24, 2.45) is 0 Å². The standard InChI is InChI=1S/C20H24N4OS/c1-24-15-3-4-16(24)10-14(9-15)23-20(25)19(22)17-5-2-12(8-18(17)21)13-6-7-26-11-13/h2,5-8,11,14-16,22H,3-4,9-10,21H2,1H3,(H,23,25). The summed E-state index contributed by atoms with van der Waals surface area (Å²) in [7, 11) is 2.18. The van der Waals surface area contributed by atoms with Gasteiger partial charge in [-0.15, -0.1) is 0 Å². The number of thiophene rings is 1. The van der Waals surface area contributed by atoms with Gasteiger partial charge >= 0.3 is 0 Å². The van der Waals surface area contributed by atoms with E-state index in [9.17, 15) is 4.79 Å². The van der Waals surface area contributed by atoms with Gasteiger partial charge in [0.1, 0.15) is 5.71 Å². The Morgan fingerprint density at radius 1 is 1.23 bits per heavy atom. The van der Waals surface area contributed by atoms with Crippen LogP contribution in [0.1, 0.15) is 31.2 Å². The second-order valence-corrected chi connectivity index (χ2v) is 8.16. The van der Waals surface area contributed by atoms with Gasteiger partial charge in [0.25, 0.3) is 5.91 Å². The van der Waals surface area contributed by atoms with Gasteiger partial charge in [0.15, 0.2) is 0 Å². The van der Waals surface area contributed by atoms with E-state index in [1.807, 2.05) is 23.6 Å². The lowest BCUT2D eigenvalue weighted by molar-refractivity contribution is -0.115. The van der Waals surface area contributed by atoms with E-state index < -0.39 is 0 Å². The highest BCUT2D eigenvalue weighted by molar-refractivity contribution is 7.08. The number of carbonyl (C=O) groups excluding carboxylic acids is 1. The van der Waals surface area contributed by atoms with Gasteiger partial charge in [-0.2, -0.15) is 11.3 Å². The minimum absolute atomic E-state index is 0.0503.